The molecule has 5 nitrogen and oxygen atoms in total. The normalized spacial score (nSPS) is 34.3. The van der Waals surface area contributed by atoms with Gasteiger partial charge in [0.15, 0.2) is 6.29 Å². The molecule has 0 amide bonds. The van der Waals surface area contributed by atoms with E-state index in [2.05, 4.69) is 6.92 Å². The van der Waals surface area contributed by atoms with Gasteiger partial charge in [0.25, 0.3) is 0 Å². The lowest BCUT2D eigenvalue weighted by Crippen LogP contribution is -2.41. The molecule has 0 radical (unpaired) electrons. The molecule has 0 N–H and O–H groups in total. The Bertz CT molecular complexity index is 474. The summed E-state index contributed by atoms with van der Waals surface area (Å²) in [6.45, 7) is 3.19. The van der Waals surface area contributed by atoms with Gasteiger partial charge in [-0.15, -0.1) is 0 Å². The van der Waals surface area contributed by atoms with Crippen LogP contribution in [0.1, 0.15) is 18.9 Å². The Morgan fingerprint density at radius 2 is 2.00 bits per heavy atom. The van der Waals surface area contributed by atoms with Crippen molar-refractivity contribution >= 4 is 0 Å². The van der Waals surface area contributed by atoms with Crippen LogP contribution in [0.15, 0.2) is 24.3 Å². The lowest BCUT2D eigenvalue weighted by molar-refractivity contribution is -0.235. The maximum Gasteiger partial charge on any atom is 0.186 e. The van der Waals surface area contributed by atoms with Crippen molar-refractivity contribution in [1.29, 1.82) is 0 Å². The zero-order valence-corrected chi connectivity index (χ0v) is 12.7. The van der Waals surface area contributed by atoms with Gasteiger partial charge in [-0.25, -0.2) is 0 Å². The Morgan fingerprint density at radius 1 is 1.24 bits per heavy atom. The minimum atomic E-state index is -0.377. The zero-order valence-electron chi connectivity index (χ0n) is 12.7. The predicted molar refractivity (Wildman–Crippen MR) is 76.2 cm³/mol. The van der Waals surface area contributed by atoms with Gasteiger partial charge in [-0.3, -0.25) is 0 Å². The molecule has 0 spiro atoms. The van der Waals surface area contributed by atoms with Crippen LogP contribution in [-0.4, -0.2) is 44.9 Å². The first-order chi connectivity index (χ1) is 10.2. The van der Waals surface area contributed by atoms with Crippen LogP contribution in [0.25, 0.3) is 0 Å². The van der Waals surface area contributed by atoms with Crippen LogP contribution in [-0.2, 0) is 25.6 Å². The summed E-state index contributed by atoms with van der Waals surface area (Å²) in [6, 6.07) is 7.87. The van der Waals surface area contributed by atoms with E-state index in [1.54, 1.807) is 14.2 Å². The van der Waals surface area contributed by atoms with E-state index in [0.29, 0.717) is 13.2 Å². The summed E-state index contributed by atoms with van der Waals surface area (Å²) >= 11 is 0. The van der Waals surface area contributed by atoms with Crippen LogP contribution in [0.2, 0.25) is 0 Å². The number of ether oxygens (including phenoxy) is 5. The van der Waals surface area contributed by atoms with Gasteiger partial charge in [-0.05, 0) is 24.1 Å². The summed E-state index contributed by atoms with van der Waals surface area (Å²) in [5.41, 5.74) is 0.722. The second kappa shape index (κ2) is 5.93. The van der Waals surface area contributed by atoms with Gasteiger partial charge >= 0.3 is 0 Å². The smallest absolute Gasteiger partial charge is 0.186 e. The second-order valence-corrected chi connectivity index (χ2v) is 5.50. The first-order valence-corrected chi connectivity index (χ1v) is 7.29. The number of benzene rings is 1. The van der Waals surface area contributed by atoms with Crippen LogP contribution in [0, 0.1) is 0 Å². The van der Waals surface area contributed by atoms with Crippen molar-refractivity contribution in [2.24, 2.45) is 0 Å². The molecular formula is C16H22O5. The summed E-state index contributed by atoms with van der Waals surface area (Å²) < 4.78 is 28.4. The van der Waals surface area contributed by atoms with E-state index in [-0.39, 0.29) is 24.1 Å². The number of methoxy groups -OCH3 is 2. The van der Waals surface area contributed by atoms with Gasteiger partial charge in [0.1, 0.15) is 23.6 Å². The highest BCUT2D eigenvalue weighted by Crippen LogP contribution is 2.44. The molecule has 3 rings (SSSR count). The molecule has 2 saturated heterocycles. The Morgan fingerprint density at radius 3 is 2.62 bits per heavy atom. The third kappa shape index (κ3) is 2.55. The molecule has 1 aromatic carbocycles. The molecule has 116 valence electrons. The Balaban J connectivity index is 1.66. The van der Waals surface area contributed by atoms with Gasteiger partial charge in [0, 0.05) is 7.11 Å². The van der Waals surface area contributed by atoms with Gasteiger partial charge < -0.3 is 23.7 Å². The van der Waals surface area contributed by atoms with Crippen molar-refractivity contribution in [3.8, 4) is 5.75 Å². The van der Waals surface area contributed by atoms with Gasteiger partial charge in [-0.2, -0.15) is 0 Å². The van der Waals surface area contributed by atoms with E-state index in [9.17, 15) is 0 Å². The highest BCUT2D eigenvalue weighted by molar-refractivity contribution is 5.26. The first kappa shape index (κ1) is 14.8. The van der Waals surface area contributed by atoms with Gasteiger partial charge in [0.05, 0.1) is 20.3 Å². The molecule has 2 bridgehead atoms. The molecule has 2 aliphatic heterocycles. The summed E-state index contributed by atoms with van der Waals surface area (Å²) in [5, 5.41) is 0. The lowest BCUT2D eigenvalue weighted by atomic mass is 9.96. The topological polar surface area (TPSA) is 46.2 Å². The monoisotopic (exact) mass is 294 g/mol. The lowest BCUT2D eigenvalue weighted by Gasteiger charge is -2.29. The van der Waals surface area contributed by atoms with Crippen molar-refractivity contribution in [1.82, 2.24) is 0 Å². The molecule has 5 heteroatoms. The number of hydrogen-bond acceptors (Lipinski definition) is 5. The maximum absolute atomic E-state index is 6.11. The van der Waals surface area contributed by atoms with E-state index in [4.69, 9.17) is 23.7 Å². The molecule has 0 aliphatic carbocycles. The van der Waals surface area contributed by atoms with Crippen molar-refractivity contribution < 1.29 is 23.7 Å². The fourth-order valence-electron chi connectivity index (χ4n) is 3.05. The third-order valence-corrected chi connectivity index (χ3v) is 4.38. The van der Waals surface area contributed by atoms with Crippen LogP contribution in [0.5, 0.6) is 5.75 Å². The highest BCUT2D eigenvalue weighted by Gasteiger charge is 2.61. The molecule has 21 heavy (non-hydrogen) atoms. The van der Waals surface area contributed by atoms with E-state index < -0.39 is 0 Å². The summed E-state index contributed by atoms with van der Waals surface area (Å²) in [5.74, 6) is 0.843. The second-order valence-electron chi connectivity index (χ2n) is 5.50. The Kier molecular flexibility index (Phi) is 4.17. The summed E-state index contributed by atoms with van der Waals surface area (Å²) in [4.78, 5) is 0. The van der Waals surface area contributed by atoms with Crippen molar-refractivity contribution in [2.45, 2.75) is 44.1 Å². The average Bonchev–Trinajstić information content (AvgIpc) is 3.05. The van der Waals surface area contributed by atoms with E-state index >= 15 is 0 Å². The Hall–Kier alpha value is -1.14. The highest BCUT2D eigenvalue weighted by atomic mass is 16.8. The van der Waals surface area contributed by atoms with Crippen molar-refractivity contribution in [3.63, 3.8) is 0 Å². The molecule has 2 aliphatic rings. The van der Waals surface area contributed by atoms with Gasteiger partial charge in [-0.1, -0.05) is 19.1 Å². The summed E-state index contributed by atoms with van der Waals surface area (Å²) in [6.07, 6.45) is 0.277. The maximum atomic E-state index is 6.11. The fraction of sp³-hybridized carbons (Fsp3) is 0.625. The zero-order chi connectivity index (χ0) is 14.9. The quantitative estimate of drug-likeness (QED) is 0.804. The fourth-order valence-corrected chi connectivity index (χ4v) is 3.05. The van der Waals surface area contributed by atoms with Crippen LogP contribution in [0.4, 0.5) is 0 Å². The van der Waals surface area contributed by atoms with E-state index in [1.165, 1.54) is 0 Å². The van der Waals surface area contributed by atoms with E-state index in [1.807, 2.05) is 24.3 Å². The largest absolute Gasteiger partial charge is 0.497 e. The van der Waals surface area contributed by atoms with Crippen LogP contribution >= 0.6 is 0 Å². The molecule has 4 atom stereocenters. The minimum absolute atomic E-state index is 0.0884. The van der Waals surface area contributed by atoms with Crippen molar-refractivity contribution in [3.05, 3.63) is 29.8 Å². The summed E-state index contributed by atoms with van der Waals surface area (Å²) in [7, 11) is 3.30. The number of hydrogen-bond donors (Lipinski definition) is 0. The SMILES string of the molecule is CCC12COC(C(OC)O1)C2OCc1ccc(OC)cc1. The number of fused-ring (bicyclic) bond motifs is 2. The van der Waals surface area contributed by atoms with Gasteiger partial charge in [0.2, 0.25) is 0 Å². The standard InChI is InChI=1S/C16H22O5/c1-4-16-10-20-13(15(18-3)21-16)14(16)19-9-11-5-7-12(17-2)8-6-11/h5-8,13-15H,4,9-10H2,1-3H3. The predicted octanol–water partition coefficient (Wildman–Crippen LogP) is 2.13. The Labute approximate surface area is 125 Å². The molecule has 0 saturated carbocycles. The van der Waals surface area contributed by atoms with Crippen LogP contribution in [0.3, 0.4) is 0 Å². The minimum Gasteiger partial charge on any atom is -0.497 e. The first-order valence-electron chi connectivity index (χ1n) is 7.29. The molecular weight excluding hydrogens is 272 g/mol. The average molecular weight is 294 g/mol. The van der Waals surface area contributed by atoms with Crippen molar-refractivity contribution in [2.75, 3.05) is 20.8 Å². The molecule has 0 aromatic heterocycles. The molecule has 1 aromatic rings. The molecule has 2 heterocycles. The van der Waals surface area contributed by atoms with E-state index in [0.717, 1.165) is 17.7 Å². The van der Waals surface area contributed by atoms with Crippen LogP contribution < -0.4 is 4.74 Å². The third-order valence-electron chi connectivity index (χ3n) is 4.38. The molecule has 4 unspecified atom stereocenters. The number of rotatable bonds is 6. The molecule has 2 fully saturated rings.